The van der Waals surface area contributed by atoms with Crippen LogP contribution in [-0.2, 0) is 16.0 Å². The van der Waals surface area contributed by atoms with E-state index in [1.165, 1.54) is 0 Å². The van der Waals surface area contributed by atoms with Gasteiger partial charge in [0.1, 0.15) is 0 Å². The van der Waals surface area contributed by atoms with Crippen LogP contribution < -0.4 is 9.47 Å². The summed E-state index contributed by atoms with van der Waals surface area (Å²) in [5.74, 6) is -0.609. The lowest BCUT2D eigenvalue weighted by molar-refractivity contribution is -0.142. The van der Waals surface area contributed by atoms with E-state index in [9.17, 15) is 14.7 Å². The molecule has 1 N–H and O–H groups in total. The van der Waals surface area contributed by atoms with Gasteiger partial charge in [-0.25, -0.2) is 0 Å². The van der Waals surface area contributed by atoms with Gasteiger partial charge >= 0.3 is 5.97 Å². The number of carboxylic acids is 1. The molecule has 0 saturated heterocycles. The second-order valence-corrected chi connectivity index (χ2v) is 7.87. The van der Waals surface area contributed by atoms with Gasteiger partial charge in [-0.2, -0.15) is 0 Å². The van der Waals surface area contributed by atoms with Crippen LogP contribution >= 0.6 is 11.3 Å². The maximum absolute atomic E-state index is 13.1. The van der Waals surface area contributed by atoms with Gasteiger partial charge in [-0.15, -0.1) is 11.3 Å². The fourth-order valence-electron chi connectivity index (χ4n) is 3.89. The van der Waals surface area contributed by atoms with Crippen molar-refractivity contribution in [1.82, 2.24) is 4.90 Å². The van der Waals surface area contributed by atoms with Gasteiger partial charge in [0.25, 0.3) is 0 Å². The maximum Gasteiger partial charge on any atom is 0.307 e. The molecule has 4 rings (SSSR count). The molecular formula is C20H21NO5S. The summed E-state index contributed by atoms with van der Waals surface area (Å²) in [6, 6.07) is 7.68. The molecule has 1 amide bonds. The van der Waals surface area contributed by atoms with Crippen LogP contribution in [0.3, 0.4) is 0 Å². The van der Waals surface area contributed by atoms with E-state index in [4.69, 9.17) is 9.47 Å². The van der Waals surface area contributed by atoms with E-state index in [1.807, 2.05) is 34.5 Å². The monoisotopic (exact) mass is 387 g/mol. The van der Waals surface area contributed by atoms with E-state index < -0.39 is 17.8 Å². The first-order valence-corrected chi connectivity index (χ1v) is 9.74. The van der Waals surface area contributed by atoms with E-state index in [-0.39, 0.29) is 11.9 Å². The summed E-state index contributed by atoms with van der Waals surface area (Å²) in [6.45, 7) is 0.562. The quantitative estimate of drug-likeness (QED) is 0.854. The van der Waals surface area contributed by atoms with Crippen LogP contribution in [0.1, 0.15) is 28.5 Å². The molecular weight excluding hydrogens is 366 g/mol. The first kappa shape index (κ1) is 17.9. The molecule has 0 bridgehead atoms. The molecule has 0 spiro atoms. The van der Waals surface area contributed by atoms with Gasteiger partial charge in [-0.05, 0) is 47.5 Å². The number of aliphatic carboxylic acids is 1. The van der Waals surface area contributed by atoms with Crippen molar-refractivity contribution >= 4 is 23.2 Å². The Morgan fingerprint density at radius 2 is 1.93 bits per heavy atom. The molecule has 1 aromatic carbocycles. The van der Waals surface area contributed by atoms with E-state index in [1.54, 1.807) is 25.6 Å². The first-order valence-electron chi connectivity index (χ1n) is 8.86. The van der Waals surface area contributed by atoms with Gasteiger partial charge in [0.05, 0.1) is 32.1 Å². The number of ether oxygens (including phenoxy) is 2. The molecule has 1 aliphatic carbocycles. The minimum Gasteiger partial charge on any atom is -0.493 e. The normalized spacial score (nSPS) is 23.5. The van der Waals surface area contributed by atoms with Gasteiger partial charge in [-0.1, -0.05) is 6.07 Å². The molecule has 1 aromatic heterocycles. The van der Waals surface area contributed by atoms with E-state index in [0.717, 1.165) is 16.0 Å². The van der Waals surface area contributed by atoms with Gasteiger partial charge in [0.2, 0.25) is 5.91 Å². The van der Waals surface area contributed by atoms with Crippen LogP contribution in [0.25, 0.3) is 0 Å². The first-order chi connectivity index (χ1) is 13.0. The molecule has 3 atom stereocenters. The number of hydrogen-bond acceptors (Lipinski definition) is 5. The van der Waals surface area contributed by atoms with Gasteiger partial charge in [0, 0.05) is 11.4 Å². The van der Waals surface area contributed by atoms with Crippen molar-refractivity contribution in [3.63, 3.8) is 0 Å². The molecule has 0 unspecified atom stereocenters. The van der Waals surface area contributed by atoms with Gasteiger partial charge in [0.15, 0.2) is 11.5 Å². The number of thiophene rings is 1. The number of carboxylic acid groups (broad SMARTS) is 1. The Morgan fingerprint density at radius 3 is 2.52 bits per heavy atom. The predicted molar refractivity (Wildman–Crippen MR) is 100 cm³/mol. The number of carbonyl (C=O) groups excluding carboxylic acids is 1. The second kappa shape index (κ2) is 6.88. The van der Waals surface area contributed by atoms with Crippen LogP contribution in [-0.4, -0.2) is 42.6 Å². The molecule has 1 fully saturated rings. The van der Waals surface area contributed by atoms with Crippen molar-refractivity contribution in [2.45, 2.75) is 18.9 Å². The Labute approximate surface area is 161 Å². The topological polar surface area (TPSA) is 76.1 Å². The third kappa shape index (κ3) is 3.06. The standard InChI is InChI=1S/C20H21NO5S/c1-25-15-8-11-5-6-21(19(22)13-9-14(13)20(23)24)18(17-4-3-7-27-17)12(11)10-16(15)26-2/h3-4,7-8,10,13-14,18H,5-6,9H2,1-2H3,(H,23,24)/t13-,14-,18+/m0/s1. The minimum atomic E-state index is -0.884. The number of hydrogen-bond donors (Lipinski definition) is 1. The zero-order valence-corrected chi connectivity index (χ0v) is 16.0. The highest BCUT2D eigenvalue weighted by Crippen LogP contribution is 2.46. The van der Waals surface area contributed by atoms with E-state index in [2.05, 4.69) is 0 Å². The summed E-state index contributed by atoms with van der Waals surface area (Å²) in [5.41, 5.74) is 2.14. The molecule has 7 heteroatoms. The highest BCUT2D eigenvalue weighted by Gasteiger charge is 2.51. The third-order valence-corrected chi connectivity index (χ3v) is 6.32. The molecule has 2 heterocycles. The zero-order valence-electron chi connectivity index (χ0n) is 15.2. The Hall–Kier alpha value is -2.54. The zero-order chi connectivity index (χ0) is 19.1. The average molecular weight is 387 g/mol. The number of methoxy groups -OCH3 is 2. The van der Waals surface area contributed by atoms with Crippen LogP contribution in [0.5, 0.6) is 11.5 Å². The maximum atomic E-state index is 13.1. The third-order valence-electron chi connectivity index (χ3n) is 5.39. The number of fused-ring (bicyclic) bond motifs is 1. The van der Waals surface area contributed by atoms with Crippen molar-refractivity contribution in [1.29, 1.82) is 0 Å². The minimum absolute atomic E-state index is 0.0683. The highest BCUT2D eigenvalue weighted by atomic mass is 32.1. The Bertz CT molecular complexity index is 879. The number of nitrogens with zero attached hydrogens (tertiary/aromatic N) is 1. The molecule has 6 nitrogen and oxygen atoms in total. The Kier molecular flexibility index (Phi) is 4.55. The largest absolute Gasteiger partial charge is 0.493 e. The van der Waals surface area contributed by atoms with Crippen LogP contribution in [0.2, 0.25) is 0 Å². The van der Waals surface area contributed by atoms with Crippen molar-refractivity contribution in [2.75, 3.05) is 20.8 Å². The summed E-state index contributed by atoms with van der Waals surface area (Å²) in [6.07, 6.45) is 1.13. The lowest BCUT2D eigenvalue weighted by atomic mass is 9.90. The summed E-state index contributed by atoms with van der Waals surface area (Å²) < 4.78 is 10.9. The molecule has 2 aromatic rings. The van der Waals surface area contributed by atoms with E-state index >= 15 is 0 Å². The SMILES string of the molecule is COc1cc2c(cc1OC)[C@H](c1cccs1)N(C(=O)[C@H]1C[C@@H]1C(=O)O)CC2. The summed E-state index contributed by atoms with van der Waals surface area (Å²) >= 11 is 1.59. The lowest BCUT2D eigenvalue weighted by Gasteiger charge is -2.37. The number of rotatable bonds is 5. The van der Waals surface area contributed by atoms with Crippen molar-refractivity contribution < 1.29 is 24.2 Å². The highest BCUT2D eigenvalue weighted by molar-refractivity contribution is 7.10. The van der Waals surface area contributed by atoms with Crippen LogP contribution in [0.4, 0.5) is 0 Å². The Balaban J connectivity index is 1.75. The Morgan fingerprint density at radius 1 is 1.19 bits per heavy atom. The predicted octanol–water partition coefficient (Wildman–Crippen LogP) is 2.96. The lowest BCUT2D eigenvalue weighted by Crippen LogP contribution is -2.41. The van der Waals surface area contributed by atoms with Gasteiger partial charge in [-0.3, -0.25) is 9.59 Å². The molecule has 1 aliphatic heterocycles. The van der Waals surface area contributed by atoms with Crippen molar-refractivity contribution in [3.8, 4) is 11.5 Å². The van der Waals surface area contributed by atoms with Crippen LogP contribution in [0.15, 0.2) is 29.6 Å². The fourth-order valence-corrected chi connectivity index (χ4v) is 4.75. The average Bonchev–Trinajstić information content (AvgIpc) is 3.32. The van der Waals surface area contributed by atoms with E-state index in [0.29, 0.717) is 30.9 Å². The summed E-state index contributed by atoms with van der Waals surface area (Å²) in [7, 11) is 3.20. The molecule has 2 aliphatic rings. The number of carbonyl (C=O) groups is 2. The summed E-state index contributed by atoms with van der Waals surface area (Å²) in [4.78, 5) is 27.2. The van der Waals surface area contributed by atoms with Gasteiger partial charge < -0.3 is 19.5 Å². The van der Waals surface area contributed by atoms with Crippen molar-refractivity contribution in [2.24, 2.45) is 11.8 Å². The number of benzene rings is 1. The molecule has 27 heavy (non-hydrogen) atoms. The second-order valence-electron chi connectivity index (χ2n) is 6.89. The van der Waals surface area contributed by atoms with Crippen molar-refractivity contribution in [3.05, 3.63) is 45.6 Å². The number of amides is 1. The molecule has 1 saturated carbocycles. The van der Waals surface area contributed by atoms with Crippen LogP contribution in [0, 0.1) is 11.8 Å². The fraction of sp³-hybridized carbons (Fsp3) is 0.400. The molecule has 142 valence electrons. The molecule has 0 radical (unpaired) electrons. The summed E-state index contributed by atoms with van der Waals surface area (Å²) in [5, 5.41) is 11.2. The smallest absolute Gasteiger partial charge is 0.307 e.